The Morgan fingerprint density at radius 3 is 2.34 bits per heavy atom. The van der Waals surface area contributed by atoms with Crippen LogP contribution < -0.4 is 10.9 Å². The molecule has 8 nitrogen and oxygen atoms in total. The summed E-state index contributed by atoms with van der Waals surface area (Å²) in [6, 6.07) is 12.1. The second-order valence-corrected chi connectivity index (χ2v) is 9.35. The third kappa shape index (κ3) is 5.26. The fourth-order valence-corrected chi connectivity index (χ4v) is 4.49. The summed E-state index contributed by atoms with van der Waals surface area (Å²) >= 11 is 5.84. The molecule has 0 radical (unpaired) electrons. The number of rotatable bonds is 4. The second-order valence-electron chi connectivity index (χ2n) is 6.61. The number of hydrazine groups is 1. The highest BCUT2D eigenvalue weighted by Gasteiger charge is 2.32. The van der Waals surface area contributed by atoms with Crippen LogP contribution in [0.3, 0.4) is 0 Å². The Kier molecular flexibility index (Phi) is 6.41. The van der Waals surface area contributed by atoms with E-state index in [9.17, 15) is 23.1 Å². The van der Waals surface area contributed by atoms with Crippen molar-refractivity contribution in [2.45, 2.75) is 6.04 Å². The van der Waals surface area contributed by atoms with Crippen molar-refractivity contribution in [1.29, 1.82) is 0 Å². The van der Waals surface area contributed by atoms with Gasteiger partial charge in [-0.3, -0.25) is 25.3 Å². The van der Waals surface area contributed by atoms with E-state index in [2.05, 4.69) is 10.9 Å². The molecular weight excluding hydrogens is 418 g/mol. The number of nitrogens with one attached hydrogen (secondary N) is 2. The largest absolute Gasteiger partial charge is 0.507 e. The summed E-state index contributed by atoms with van der Waals surface area (Å²) in [6.45, 7) is 0.413. The summed E-state index contributed by atoms with van der Waals surface area (Å²) in [5, 5.41) is 10.1. The molecule has 0 aromatic heterocycles. The van der Waals surface area contributed by atoms with E-state index in [1.807, 2.05) is 6.07 Å². The summed E-state index contributed by atoms with van der Waals surface area (Å²) in [5.41, 5.74) is 5.22. The van der Waals surface area contributed by atoms with Gasteiger partial charge < -0.3 is 5.11 Å². The predicted octanol–water partition coefficient (Wildman–Crippen LogP) is 1.28. The first-order valence-corrected chi connectivity index (χ1v) is 11.0. The zero-order valence-electron chi connectivity index (χ0n) is 15.3. The van der Waals surface area contributed by atoms with Gasteiger partial charge in [0.25, 0.3) is 11.8 Å². The van der Waals surface area contributed by atoms with Gasteiger partial charge in [-0.15, -0.1) is 0 Å². The minimum atomic E-state index is -3.11. The number of hydrogen-bond donors (Lipinski definition) is 3. The minimum Gasteiger partial charge on any atom is -0.507 e. The molecule has 1 aliphatic heterocycles. The molecule has 154 valence electrons. The maximum atomic E-state index is 12.9. The lowest BCUT2D eigenvalue weighted by atomic mass is 10.0. The molecule has 1 aliphatic rings. The van der Waals surface area contributed by atoms with Crippen molar-refractivity contribution >= 4 is 33.3 Å². The number of nitrogens with zero attached hydrogens (tertiary/aromatic N) is 1. The number of benzene rings is 2. The first kappa shape index (κ1) is 21.1. The van der Waals surface area contributed by atoms with Crippen molar-refractivity contribution in [3.8, 4) is 5.75 Å². The topological polar surface area (TPSA) is 116 Å². The fourth-order valence-electron chi connectivity index (χ4n) is 3.09. The van der Waals surface area contributed by atoms with Crippen LogP contribution in [0, 0.1) is 0 Å². The summed E-state index contributed by atoms with van der Waals surface area (Å²) in [7, 11) is -3.11. The third-order valence-corrected chi connectivity index (χ3v) is 6.45. The molecule has 10 heteroatoms. The van der Waals surface area contributed by atoms with Gasteiger partial charge in [0.05, 0.1) is 17.1 Å². The number of sulfone groups is 1. The first-order chi connectivity index (χ1) is 13.8. The Labute approximate surface area is 173 Å². The van der Waals surface area contributed by atoms with Crippen LogP contribution in [-0.4, -0.2) is 54.8 Å². The van der Waals surface area contributed by atoms with Gasteiger partial charge in [-0.25, -0.2) is 8.42 Å². The Morgan fingerprint density at radius 1 is 1.03 bits per heavy atom. The number of carbonyl (C=O) groups excluding carboxylic acids is 2. The number of aromatic hydroxyl groups is 1. The number of phenols is 1. The van der Waals surface area contributed by atoms with Gasteiger partial charge in [0.2, 0.25) is 0 Å². The number of halogens is 1. The van der Waals surface area contributed by atoms with Gasteiger partial charge in [-0.2, -0.15) is 0 Å². The van der Waals surface area contributed by atoms with E-state index < -0.39 is 27.7 Å². The van der Waals surface area contributed by atoms with Gasteiger partial charge in [0.15, 0.2) is 9.84 Å². The molecule has 0 aliphatic carbocycles. The maximum Gasteiger partial charge on any atom is 0.273 e. The molecule has 2 aromatic carbocycles. The van der Waals surface area contributed by atoms with Crippen LogP contribution in [0.5, 0.6) is 5.75 Å². The molecule has 1 saturated heterocycles. The molecule has 29 heavy (non-hydrogen) atoms. The summed E-state index contributed by atoms with van der Waals surface area (Å²) < 4.78 is 23.5. The Balaban J connectivity index is 1.75. The van der Waals surface area contributed by atoms with Crippen molar-refractivity contribution in [3.05, 3.63) is 64.7 Å². The number of hydrogen-bond acceptors (Lipinski definition) is 6. The van der Waals surface area contributed by atoms with Gasteiger partial charge in [0, 0.05) is 18.1 Å². The van der Waals surface area contributed by atoms with E-state index in [1.54, 1.807) is 29.2 Å². The summed E-state index contributed by atoms with van der Waals surface area (Å²) in [6.07, 6.45) is 0. The highest BCUT2D eigenvalue weighted by atomic mass is 35.5. The van der Waals surface area contributed by atoms with E-state index in [-0.39, 0.29) is 40.9 Å². The van der Waals surface area contributed by atoms with Crippen molar-refractivity contribution < 1.29 is 23.1 Å². The SMILES string of the molecule is O=C(NNC(=O)C(c1ccccc1)N1CCS(=O)(=O)CC1)c1cc(Cl)ccc1O. The maximum absolute atomic E-state index is 12.9. The smallest absolute Gasteiger partial charge is 0.273 e. The molecule has 3 N–H and O–H groups in total. The molecule has 2 amide bonds. The van der Waals surface area contributed by atoms with Crippen molar-refractivity contribution in [3.63, 3.8) is 0 Å². The van der Waals surface area contributed by atoms with Crippen LogP contribution in [-0.2, 0) is 14.6 Å². The fraction of sp³-hybridized carbons (Fsp3) is 0.263. The molecule has 1 atom stereocenters. The van der Waals surface area contributed by atoms with Crippen LogP contribution in [0.2, 0.25) is 5.02 Å². The van der Waals surface area contributed by atoms with Crippen molar-refractivity contribution in [2.75, 3.05) is 24.6 Å². The van der Waals surface area contributed by atoms with Crippen LogP contribution in [0.25, 0.3) is 0 Å². The average Bonchev–Trinajstić information content (AvgIpc) is 2.70. The third-order valence-electron chi connectivity index (χ3n) is 4.61. The van der Waals surface area contributed by atoms with Crippen LogP contribution in [0.4, 0.5) is 0 Å². The van der Waals surface area contributed by atoms with Crippen molar-refractivity contribution in [2.24, 2.45) is 0 Å². The van der Waals surface area contributed by atoms with Gasteiger partial charge in [-0.05, 0) is 23.8 Å². The first-order valence-electron chi connectivity index (χ1n) is 8.85. The Hall–Kier alpha value is -2.62. The number of phenolic OH excluding ortho intramolecular Hbond substituents is 1. The van der Waals surface area contributed by atoms with E-state index in [0.29, 0.717) is 5.56 Å². The molecular formula is C19H20ClN3O5S. The van der Waals surface area contributed by atoms with Gasteiger partial charge >= 0.3 is 0 Å². The number of carbonyl (C=O) groups is 2. The normalized spacial score (nSPS) is 17.3. The molecule has 1 heterocycles. The lowest BCUT2D eigenvalue weighted by Gasteiger charge is -2.33. The van der Waals surface area contributed by atoms with E-state index in [1.165, 1.54) is 18.2 Å². The molecule has 1 fully saturated rings. The van der Waals surface area contributed by atoms with Crippen molar-refractivity contribution in [1.82, 2.24) is 15.8 Å². The van der Waals surface area contributed by atoms with E-state index in [0.717, 1.165) is 0 Å². The predicted molar refractivity (Wildman–Crippen MR) is 108 cm³/mol. The molecule has 0 spiro atoms. The van der Waals surface area contributed by atoms with E-state index >= 15 is 0 Å². The molecule has 0 bridgehead atoms. The zero-order chi connectivity index (χ0) is 21.0. The van der Waals surface area contributed by atoms with Gasteiger partial charge in [0.1, 0.15) is 11.8 Å². The van der Waals surface area contributed by atoms with Crippen LogP contribution >= 0.6 is 11.6 Å². The monoisotopic (exact) mass is 437 g/mol. The second kappa shape index (κ2) is 8.81. The molecule has 0 saturated carbocycles. The Bertz CT molecular complexity index is 1000. The molecule has 3 rings (SSSR count). The van der Waals surface area contributed by atoms with E-state index in [4.69, 9.17) is 11.6 Å². The quantitative estimate of drug-likeness (QED) is 0.620. The standard InChI is InChI=1S/C19H20ClN3O5S/c20-14-6-7-16(24)15(12-14)18(25)21-22-19(26)17(13-4-2-1-3-5-13)23-8-10-29(27,28)11-9-23/h1-7,12,17,24H,8-11H2,(H,21,25)(H,22,26). The van der Waals surface area contributed by atoms with Crippen LogP contribution in [0.15, 0.2) is 48.5 Å². The van der Waals surface area contributed by atoms with Crippen LogP contribution in [0.1, 0.15) is 22.0 Å². The highest BCUT2D eigenvalue weighted by molar-refractivity contribution is 7.91. The highest BCUT2D eigenvalue weighted by Crippen LogP contribution is 2.24. The average molecular weight is 438 g/mol. The van der Waals surface area contributed by atoms with Gasteiger partial charge in [-0.1, -0.05) is 41.9 Å². The minimum absolute atomic E-state index is 0.0354. The summed E-state index contributed by atoms with van der Waals surface area (Å²) in [5.74, 6) is -1.60. The zero-order valence-corrected chi connectivity index (χ0v) is 16.9. The Morgan fingerprint density at radius 2 is 1.69 bits per heavy atom. The molecule has 2 aromatic rings. The lowest BCUT2D eigenvalue weighted by Crippen LogP contribution is -2.51. The number of amides is 2. The summed E-state index contributed by atoms with van der Waals surface area (Å²) in [4.78, 5) is 27.0. The molecule has 1 unspecified atom stereocenters. The lowest BCUT2D eigenvalue weighted by molar-refractivity contribution is -0.127.